The van der Waals surface area contributed by atoms with Gasteiger partial charge in [0.25, 0.3) is 11.8 Å². The van der Waals surface area contributed by atoms with Gasteiger partial charge in [-0.1, -0.05) is 58.4 Å². The first-order valence-corrected chi connectivity index (χ1v) is 9.91. The number of benzene rings is 2. The van der Waals surface area contributed by atoms with Crippen molar-refractivity contribution in [2.45, 2.75) is 12.5 Å². The summed E-state index contributed by atoms with van der Waals surface area (Å²) in [6, 6.07) is 16.6. The molecule has 4 aromatic rings. The second-order valence-corrected chi connectivity index (χ2v) is 7.51. The lowest BCUT2D eigenvalue weighted by Gasteiger charge is -2.16. The number of halogens is 1. The third-order valence-corrected chi connectivity index (χ3v) is 5.32. The van der Waals surface area contributed by atoms with Crippen molar-refractivity contribution in [3.8, 4) is 23.0 Å². The lowest BCUT2D eigenvalue weighted by Crippen LogP contribution is -2.29. The number of likely N-dealkylation sites (tertiary alicyclic amines) is 1. The van der Waals surface area contributed by atoms with Crippen LogP contribution in [0.4, 0.5) is 0 Å². The first-order valence-electron chi connectivity index (χ1n) is 9.53. The summed E-state index contributed by atoms with van der Waals surface area (Å²) >= 11 is 6.01. The monoisotopic (exact) mass is 420 g/mol. The lowest BCUT2D eigenvalue weighted by molar-refractivity contribution is 0.0787. The van der Waals surface area contributed by atoms with Gasteiger partial charge in [0.2, 0.25) is 5.82 Å². The molecule has 0 aliphatic carbocycles. The van der Waals surface area contributed by atoms with Crippen LogP contribution in [-0.4, -0.2) is 49.0 Å². The zero-order valence-electron chi connectivity index (χ0n) is 15.8. The molecule has 0 radical (unpaired) electrons. The van der Waals surface area contributed by atoms with Gasteiger partial charge >= 0.3 is 0 Å². The van der Waals surface area contributed by atoms with Crippen molar-refractivity contribution in [3.05, 3.63) is 71.4 Å². The SMILES string of the molecule is O=C(c1cccc(Cl)c1)N1CCC(n2cc(-c3nc(-c4ccccc4)no3)nn2)C1. The summed E-state index contributed by atoms with van der Waals surface area (Å²) in [4.78, 5) is 18.9. The normalized spacial score (nSPS) is 16.2. The first kappa shape index (κ1) is 18.5. The predicted octanol–water partition coefficient (Wildman–Crippen LogP) is 3.74. The number of carbonyl (C=O) groups is 1. The molecule has 0 saturated carbocycles. The number of aromatic nitrogens is 5. The Morgan fingerprint density at radius 3 is 2.83 bits per heavy atom. The maximum Gasteiger partial charge on any atom is 0.280 e. The fourth-order valence-corrected chi connectivity index (χ4v) is 3.72. The molecule has 1 aliphatic rings. The number of nitrogens with zero attached hydrogens (tertiary/aromatic N) is 6. The predicted molar refractivity (Wildman–Crippen MR) is 110 cm³/mol. The third-order valence-electron chi connectivity index (χ3n) is 5.08. The summed E-state index contributed by atoms with van der Waals surface area (Å²) in [6.45, 7) is 1.19. The summed E-state index contributed by atoms with van der Waals surface area (Å²) in [5.74, 6) is 0.772. The highest BCUT2D eigenvalue weighted by Crippen LogP contribution is 2.26. The molecule has 1 unspecified atom stereocenters. The molecule has 8 nitrogen and oxygen atoms in total. The van der Waals surface area contributed by atoms with Crippen molar-refractivity contribution in [2.75, 3.05) is 13.1 Å². The van der Waals surface area contributed by atoms with Gasteiger partial charge in [0.15, 0.2) is 5.69 Å². The quantitative estimate of drug-likeness (QED) is 0.499. The molecule has 0 spiro atoms. The van der Waals surface area contributed by atoms with Gasteiger partial charge in [-0.05, 0) is 24.6 Å². The van der Waals surface area contributed by atoms with Gasteiger partial charge < -0.3 is 9.42 Å². The topological polar surface area (TPSA) is 89.9 Å². The summed E-state index contributed by atoms with van der Waals surface area (Å²) in [6.07, 6.45) is 2.56. The van der Waals surface area contributed by atoms with Crippen molar-refractivity contribution in [3.63, 3.8) is 0 Å². The molecule has 3 heterocycles. The summed E-state index contributed by atoms with van der Waals surface area (Å²) in [5, 5.41) is 13.0. The van der Waals surface area contributed by atoms with Crippen LogP contribution in [0.5, 0.6) is 0 Å². The van der Waals surface area contributed by atoms with Gasteiger partial charge in [-0.25, -0.2) is 4.68 Å². The highest BCUT2D eigenvalue weighted by molar-refractivity contribution is 6.30. The number of hydrogen-bond donors (Lipinski definition) is 0. The fourth-order valence-electron chi connectivity index (χ4n) is 3.53. The Balaban J connectivity index is 1.30. The molecule has 30 heavy (non-hydrogen) atoms. The Morgan fingerprint density at radius 1 is 1.13 bits per heavy atom. The molecule has 150 valence electrons. The van der Waals surface area contributed by atoms with Crippen LogP contribution in [-0.2, 0) is 0 Å². The van der Waals surface area contributed by atoms with Gasteiger partial charge in [-0.15, -0.1) is 5.10 Å². The molecule has 9 heteroatoms. The molecular weight excluding hydrogens is 404 g/mol. The first-order chi connectivity index (χ1) is 14.7. The Labute approximate surface area is 177 Å². The molecular formula is C21H17ClN6O2. The van der Waals surface area contributed by atoms with Crippen LogP contribution in [0.25, 0.3) is 23.0 Å². The third kappa shape index (κ3) is 3.57. The zero-order chi connectivity index (χ0) is 20.5. The van der Waals surface area contributed by atoms with E-state index in [2.05, 4.69) is 20.5 Å². The van der Waals surface area contributed by atoms with E-state index in [1.807, 2.05) is 30.3 Å². The summed E-state index contributed by atoms with van der Waals surface area (Å²) in [5.41, 5.74) is 1.96. The van der Waals surface area contributed by atoms with E-state index in [0.29, 0.717) is 41.1 Å². The zero-order valence-corrected chi connectivity index (χ0v) is 16.6. The van der Waals surface area contributed by atoms with E-state index in [9.17, 15) is 4.79 Å². The Hall–Kier alpha value is -3.52. The van der Waals surface area contributed by atoms with Crippen molar-refractivity contribution < 1.29 is 9.32 Å². The van der Waals surface area contributed by atoms with Crippen LogP contribution in [0.15, 0.2) is 65.3 Å². The number of rotatable bonds is 4. The molecule has 2 aromatic heterocycles. The minimum Gasteiger partial charge on any atom is -0.336 e. The second-order valence-electron chi connectivity index (χ2n) is 7.08. The average Bonchev–Trinajstić information content (AvgIpc) is 3.53. The molecule has 1 aliphatic heterocycles. The van der Waals surface area contributed by atoms with Crippen molar-refractivity contribution in [2.24, 2.45) is 0 Å². The molecule has 0 bridgehead atoms. The Morgan fingerprint density at radius 2 is 2.00 bits per heavy atom. The minimum absolute atomic E-state index is 0.0332. The molecule has 1 fully saturated rings. The fraction of sp³-hybridized carbons (Fsp3) is 0.190. The second kappa shape index (κ2) is 7.72. The summed E-state index contributed by atoms with van der Waals surface area (Å²) < 4.78 is 7.11. The molecule has 5 rings (SSSR count). The molecule has 2 aromatic carbocycles. The van der Waals surface area contributed by atoms with E-state index < -0.39 is 0 Å². The van der Waals surface area contributed by atoms with Crippen molar-refractivity contribution in [1.29, 1.82) is 0 Å². The standard InChI is InChI=1S/C21H17ClN6O2/c22-16-8-4-7-15(11-16)21(29)27-10-9-17(12-27)28-13-18(24-26-28)20-23-19(25-30-20)14-5-2-1-3-6-14/h1-8,11,13,17H,9-10,12H2. The van der Waals surface area contributed by atoms with Gasteiger partial charge in [0, 0.05) is 29.2 Å². The van der Waals surface area contributed by atoms with Gasteiger partial charge in [-0.2, -0.15) is 4.98 Å². The van der Waals surface area contributed by atoms with E-state index in [-0.39, 0.29) is 11.9 Å². The lowest BCUT2D eigenvalue weighted by atomic mass is 10.2. The van der Waals surface area contributed by atoms with Crippen LogP contribution in [0.1, 0.15) is 22.8 Å². The van der Waals surface area contributed by atoms with Crippen LogP contribution in [0.2, 0.25) is 5.02 Å². The van der Waals surface area contributed by atoms with Crippen LogP contribution in [0, 0.1) is 0 Å². The largest absolute Gasteiger partial charge is 0.336 e. The minimum atomic E-state index is -0.0373. The molecule has 1 atom stereocenters. The van der Waals surface area contributed by atoms with E-state index >= 15 is 0 Å². The number of carbonyl (C=O) groups excluding carboxylic acids is 1. The Bertz CT molecular complexity index is 1190. The van der Waals surface area contributed by atoms with E-state index in [4.69, 9.17) is 16.1 Å². The smallest absolute Gasteiger partial charge is 0.280 e. The molecule has 1 saturated heterocycles. The number of hydrogen-bond acceptors (Lipinski definition) is 6. The highest BCUT2D eigenvalue weighted by atomic mass is 35.5. The van der Waals surface area contributed by atoms with Crippen molar-refractivity contribution in [1.82, 2.24) is 30.0 Å². The van der Waals surface area contributed by atoms with E-state index in [1.54, 1.807) is 40.0 Å². The maximum absolute atomic E-state index is 12.7. The highest BCUT2D eigenvalue weighted by Gasteiger charge is 2.29. The molecule has 1 amide bonds. The Kier molecular flexibility index (Phi) is 4.76. The van der Waals surface area contributed by atoms with Crippen molar-refractivity contribution >= 4 is 17.5 Å². The maximum atomic E-state index is 12.7. The number of amides is 1. The van der Waals surface area contributed by atoms with Gasteiger partial charge in [0.05, 0.1) is 12.2 Å². The van der Waals surface area contributed by atoms with Crippen LogP contribution >= 0.6 is 11.6 Å². The average molecular weight is 421 g/mol. The van der Waals surface area contributed by atoms with Gasteiger partial charge in [0.1, 0.15) is 0 Å². The van der Waals surface area contributed by atoms with Gasteiger partial charge in [-0.3, -0.25) is 4.79 Å². The summed E-state index contributed by atoms with van der Waals surface area (Å²) in [7, 11) is 0. The van der Waals surface area contributed by atoms with Crippen LogP contribution < -0.4 is 0 Å². The van der Waals surface area contributed by atoms with E-state index in [0.717, 1.165) is 12.0 Å². The molecule has 0 N–H and O–H groups in total. The van der Waals surface area contributed by atoms with E-state index in [1.165, 1.54) is 0 Å². The van der Waals surface area contributed by atoms with Crippen LogP contribution in [0.3, 0.4) is 0 Å².